The smallest absolute Gasteiger partial charge is 0.123 e. The second-order valence-corrected chi connectivity index (χ2v) is 5.21. The standard InChI is InChI=1S/C15H14BrFO/c1-10-2-5-12(9-14(10)16)15(18)8-11-3-6-13(17)7-4-11/h2-7,9,15,18H,8H2,1H3. The number of benzene rings is 2. The van der Waals surface area contributed by atoms with Crippen LogP contribution in [-0.4, -0.2) is 5.11 Å². The highest BCUT2D eigenvalue weighted by Crippen LogP contribution is 2.24. The van der Waals surface area contributed by atoms with Crippen LogP contribution in [0.1, 0.15) is 22.8 Å². The molecule has 2 rings (SSSR count). The Kier molecular flexibility index (Phi) is 4.15. The topological polar surface area (TPSA) is 20.2 Å². The lowest BCUT2D eigenvalue weighted by atomic mass is 10.0. The summed E-state index contributed by atoms with van der Waals surface area (Å²) < 4.78 is 13.8. The number of rotatable bonds is 3. The Morgan fingerprint density at radius 3 is 2.44 bits per heavy atom. The summed E-state index contributed by atoms with van der Waals surface area (Å²) in [5, 5.41) is 10.1. The summed E-state index contributed by atoms with van der Waals surface area (Å²) in [5.41, 5.74) is 2.91. The van der Waals surface area contributed by atoms with Gasteiger partial charge in [-0.1, -0.05) is 40.2 Å². The van der Waals surface area contributed by atoms with Crippen molar-refractivity contribution in [2.75, 3.05) is 0 Å². The minimum absolute atomic E-state index is 0.258. The Balaban J connectivity index is 2.13. The van der Waals surface area contributed by atoms with Gasteiger partial charge in [-0.3, -0.25) is 0 Å². The molecule has 3 heteroatoms. The minimum Gasteiger partial charge on any atom is -0.388 e. The summed E-state index contributed by atoms with van der Waals surface area (Å²) in [4.78, 5) is 0. The van der Waals surface area contributed by atoms with Crippen LogP contribution in [0.15, 0.2) is 46.9 Å². The van der Waals surface area contributed by atoms with Crippen molar-refractivity contribution in [2.24, 2.45) is 0 Å². The fraction of sp³-hybridized carbons (Fsp3) is 0.200. The average molecular weight is 309 g/mol. The van der Waals surface area contributed by atoms with E-state index in [2.05, 4.69) is 15.9 Å². The molecule has 0 amide bonds. The van der Waals surface area contributed by atoms with Crippen LogP contribution in [-0.2, 0) is 6.42 Å². The second-order valence-electron chi connectivity index (χ2n) is 4.36. The van der Waals surface area contributed by atoms with Crippen LogP contribution < -0.4 is 0 Å². The van der Waals surface area contributed by atoms with E-state index in [1.54, 1.807) is 12.1 Å². The van der Waals surface area contributed by atoms with E-state index in [0.717, 1.165) is 21.2 Å². The molecular weight excluding hydrogens is 295 g/mol. The minimum atomic E-state index is -0.577. The van der Waals surface area contributed by atoms with Crippen LogP contribution in [0.2, 0.25) is 0 Å². The van der Waals surface area contributed by atoms with Gasteiger partial charge in [-0.25, -0.2) is 4.39 Å². The van der Waals surface area contributed by atoms with Crippen LogP contribution in [0.4, 0.5) is 4.39 Å². The molecule has 0 bridgehead atoms. The first-order valence-corrected chi connectivity index (χ1v) is 6.54. The Hall–Kier alpha value is -1.19. The molecule has 0 aliphatic heterocycles. The quantitative estimate of drug-likeness (QED) is 0.902. The number of hydrogen-bond donors (Lipinski definition) is 1. The summed E-state index contributed by atoms with van der Waals surface area (Å²) in [6.07, 6.45) is -0.0946. The monoisotopic (exact) mass is 308 g/mol. The molecule has 1 nitrogen and oxygen atoms in total. The van der Waals surface area contributed by atoms with Gasteiger partial charge in [-0.15, -0.1) is 0 Å². The molecule has 0 saturated carbocycles. The third-order valence-corrected chi connectivity index (χ3v) is 3.78. The zero-order chi connectivity index (χ0) is 13.1. The van der Waals surface area contributed by atoms with Gasteiger partial charge in [0, 0.05) is 10.9 Å². The zero-order valence-electron chi connectivity index (χ0n) is 10.0. The van der Waals surface area contributed by atoms with E-state index in [1.807, 2.05) is 25.1 Å². The largest absolute Gasteiger partial charge is 0.388 e. The predicted octanol–water partition coefficient (Wildman–Crippen LogP) is 4.17. The number of aryl methyl sites for hydroxylation is 1. The molecule has 1 N–H and O–H groups in total. The Morgan fingerprint density at radius 1 is 1.17 bits per heavy atom. The van der Waals surface area contributed by atoms with Crippen molar-refractivity contribution < 1.29 is 9.50 Å². The van der Waals surface area contributed by atoms with Gasteiger partial charge >= 0.3 is 0 Å². The maximum Gasteiger partial charge on any atom is 0.123 e. The molecule has 0 radical (unpaired) electrons. The molecule has 0 aliphatic rings. The second kappa shape index (κ2) is 5.63. The van der Waals surface area contributed by atoms with Crippen molar-refractivity contribution in [3.63, 3.8) is 0 Å². The van der Waals surface area contributed by atoms with Crippen LogP contribution in [0.25, 0.3) is 0 Å². The number of aliphatic hydroxyl groups excluding tert-OH is 1. The van der Waals surface area contributed by atoms with E-state index < -0.39 is 6.10 Å². The highest BCUT2D eigenvalue weighted by atomic mass is 79.9. The maximum atomic E-state index is 12.8. The third kappa shape index (κ3) is 3.18. The van der Waals surface area contributed by atoms with Crippen molar-refractivity contribution in [3.05, 3.63) is 69.4 Å². The molecular formula is C15H14BrFO. The van der Waals surface area contributed by atoms with Gasteiger partial charge in [0.25, 0.3) is 0 Å². The normalized spacial score (nSPS) is 12.4. The van der Waals surface area contributed by atoms with Gasteiger partial charge in [0.2, 0.25) is 0 Å². The summed E-state index contributed by atoms with van der Waals surface area (Å²) in [5.74, 6) is -0.258. The average Bonchev–Trinajstić information content (AvgIpc) is 2.35. The molecule has 0 fully saturated rings. The van der Waals surface area contributed by atoms with Gasteiger partial charge in [-0.05, 0) is 41.8 Å². The van der Waals surface area contributed by atoms with Crippen molar-refractivity contribution in [1.82, 2.24) is 0 Å². The highest BCUT2D eigenvalue weighted by Gasteiger charge is 2.09. The van der Waals surface area contributed by atoms with Crippen LogP contribution in [0.3, 0.4) is 0 Å². The first-order chi connectivity index (χ1) is 8.56. The molecule has 18 heavy (non-hydrogen) atoms. The first-order valence-electron chi connectivity index (χ1n) is 5.75. The van der Waals surface area contributed by atoms with Gasteiger partial charge in [0.05, 0.1) is 6.10 Å². The lowest BCUT2D eigenvalue weighted by Crippen LogP contribution is -2.02. The molecule has 2 aromatic rings. The van der Waals surface area contributed by atoms with Crippen molar-refractivity contribution in [2.45, 2.75) is 19.4 Å². The molecule has 1 unspecified atom stereocenters. The number of halogens is 2. The van der Waals surface area contributed by atoms with E-state index in [0.29, 0.717) is 6.42 Å². The van der Waals surface area contributed by atoms with E-state index in [1.165, 1.54) is 12.1 Å². The Morgan fingerprint density at radius 2 is 1.83 bits per heavy atom. The zero-order valence-corrected chi connectivity index (χ0v) is 11.6. The predicted molar refractivity (Wildman–Crippen MR) is 73.9 cm³/mol. The Labute approximate surface area is 114 Å². The summed E-state index contributed by atoms with van der Waals surface area (Å²) in [6, 6.07) is 12.0. The molecule has 0 spiro atoms. The maximum absolute atomic E-state index is 12.8. The number of aliphatic hydroxyl groups is 1. The van der Waals surface area contributed by atoms with Gasteiger partial charge in [0.1, 0.15) is 5.82 Å². The van der Waals surface area contributed by atoms with E-state index in [4.69, 9.17) is 0 Å². The fourth-order valence-corrected chi connectivity index (χ4v) is 2.17. The molecule has 0 heterocycles. The van der Waals surface area contributed by atoms with Crippen molar-refractivity contribution in [1.29, 1.82) is 0 Å². The molecule has 0 aromatic heterocycles. The van der Waals surface area contributed by atoms with E-state index in [-0.39, 0.29) is 5.82 Å². The summed E-state index contributed by atoms with van der Waals surface area (Å²) in [6.45, 7) is 2.00. The fourth-order valence-electron chi connectivity index (χ4n) is 1.78. The first kappa shape index (κ1) is 13.2. The highest BCUT2D eigenvalue weighted by molar-refractivity contribution is 9.10. The van der Waals surface area contributed by atoms with Crippen LogP contribution >= 0.6 is 15.9 Å². The van der Waals surface area contributed by atoms with Crippen LogP contribution in [0, 0.1) is 12.7 Å². The van der Waals surface area contributed by atoms with Gasteiger partial charge < -0.3 is 5.11 Å². The SMILES string of the molecule is Cc1ccc(C(O)Cc2ccc(F)cc2)cc1Br. The lowest BCUT2D eigenvalue weighted by molar-refractivity contribution is 0.178. The van der Waals surface area contributed by atoms with Crippen LogP contribution in [0.5, 0.6) is 0 Å². The molecule has 94 valence electrons. The van der Waals surface area contributed by atoms with E-state index in [9.17, 15) is 9.50 Å². The lowest BCUT2D eigenvalue weighted by Gasteiger charge is -2.12. The van der Waals surface area contributed by atoms with Gasteiger partial charge in [-0.2, -0.15) is 0 Å². The molecule has 0 aliphatic carbocycles. The van der Waals surface area contributed by atoms with Gasteiger partial charge in [0.15, 0.2) is 0 Å². The van der Waals surface area contributed by atoms with Crippen molar-refractivity contribution in [3.8, 4) is 0 Å². The van der Waals surface area contributed by atoms with Crippen molar-refractivity contribution >= 4 is 15.9 Å². The summed E-state index contributed by atoms with van der Waals surface area (Å²) in [7, 11) is 0. The summed E-state index contributed by atoms with van der Waals surface area (Å²) >= 11 is 3.45. The molecule has 2 aromatic carbocycles. The molecule has 1 atom stereocenters. The number of hydrogen-bond acceptors (Lipinski definition) is 1. The third-order valence-electron chi connectivity index (χ3n) is 2.92. The van der Waals surface area contributed by atoms with E-state index >= 15 is 0 Å². The molecule has 0 saturated heterocycles. The Bertz CT molecular complexity index is 537.